The Morgan fingerprint density at radius 2 is 1.81 bits per heavy atom. The minimum absolute atomic E-state index is 0.282. The van der Waals surface area contributed by atoms with Crippen molar-refractivity contribution in [2.45, 2.75) is 13.5 Å². The Kier molecular flexibility index (Phi) is 4.47. The van der Waals surface area contributed by atoms with Gasteiger partial charge in [0.1, 0.15) is 5.82 Å². The summed E-state index contributed by atoms with van der Waals surface area (Å²) in [6, 6.07) is 7.74. The van der Waals surface area contributed by atoms with Crippen molar-refractivity contribution in [3.05, 3.63) is 35.5 Å². The van der Waals surface area contributed by atoms with Gasteiger partial charge in [0.2, 0.25) is 5.95 Å². The molecule has 0 saturated heterocycles. The van der Waals surface area contributed by atoms with Crippen LogP contribution in [0.2, 0.25) is 0 Å². The van der Waals surface area contributed by atoms with E-state index in [1.807, 2.05) is 43.1 Å². The minimum atomic E-state index is 0.282. The zero-order valence-electron chi connectivity index (χ0n) is 12.8. The number of nitrogens with zero attached hydrogens (tertiary/aromatic N) is 3. The molecule has 0 fully saturated rings. The number of hydrogen-bond acceptors (Lipinski definition) is 6. The van der Waals surface area contributed by atoms with Crippen LogP contribution in [0.5, 0.6) is 11.5 Å². The van der Waals surface area contributed by atoms with Crippen LogP contribution in [-0.4, -0.2) is 31.2 Å². The van der Waals surface area contributed by atoms with E-state index < -0.39 is 0 Å². The average Bonchev–Trinajstić information content (AvgIpc) is 2.46. The molecule has 1 aromatic carbocycles. The number of aromatic nitrogens is 2. The molecule has 2 rings (SSSR count). The zero-order valence-corrected chi connectivity index (χ0v) is 12.8. The summed E-state index contributed by atoms with van der Waals surface area (Å²) in [5.41, 5.74) is 7.62. The smallest absolute Gasteiger partial charge is 0.222 e. The zero-order chi connectivity index (χ0) is 15.4. The van der Waals surface area contributed by atoms with Crippen LogP contribution in [0, 0.1) is 6.92 Å². The van der Waals surface area contributed by atoms with Gasteiger partial charge in [-0.15, -0.1) is 0 Å². The number of methoxy groups -OCH3 is 2. The molecule has 0 bridgehead atoms. The number of benzene rings is 1. The topological polar surface area (TPSA) is 73.5 Å². The Balaban J connectivity index is 2.20. The molecule has 6 heteroatoms. The Labute approximate surface area is 124 Å². The molecular weight excluding hydrogens is 268 g/mol. The van der Waals surface area contributed by atoms with E-state index in [0.717, 1.165) is 17.1 Å². The first-order valence-electron chi connectivity index (χ1n) is 6.56. The lowest BCUT2D eigenvalue weighted by atomic mass is 10.2. The molecule has 0 unspecified atom stereocenters. The quantitative estimate of drug-likeness (QED) is 0.907. The number of nitrogen functional groups attached to an aromatic ring is 1. The molecule has 21 heavy (non-hydrogen) atoms. The number of nitrogens with two attached hydrogens (primary N) is 1. The second-order valence-electron chi connectivity index (χ2n) is 4.77. The van der Waals surface area contributed by atoms with Crippen molar-refractivity contribution in [2.24, 2.45) is 0 Å². The number of anilines is 2. The third-order valence-electron chi connectivity index (χ3n) is 3.12. The van der Waals surface area contributed by atoms with Crippen molar-refractivity contribution >= 4 is 11.8 Å². The lowest BCUT2D eigenvalue weighted by molar-refractivity contribution is 0.354. The largest absolute Gasteiger partial charge is 0.493 e. The maximum Gasteiger partial charge on any atom is 0.222 e. The van der Waals surface area contributed by atoms with Crippen molar-refractivity contribution in [3.8, 4) is 11.5 Å². The molecule has 0 saturated carbocycles. The van der Waals surface area contributed by atoms with E-state index >= 15 is 0 Å². The molecule has 0 aliphatic heterocycles. The SMILES string of the molecule is COc1ccc(CN(C)c2cc(C)nc(N)n2)cc1OC. The first-order valence-corrected chi connectivity index (χ1v) is 6.56. The molecule has 0 radical (unpaired) electrons. The van der Waals surface area contributed by atoms with Gasteiger partial charge in [0, 0.05) is 25.4 Å². The van der Waals surface area contributed by atoms with Crippen LogP contribution in [0.3, 0.4) is 0 Å². The van der Waals surface area contributed by atoms with Crippen molar-refractivity contribution < 1.29 is 9.47 Å². The van der Waals surface area contributed by atoms with Crippen LogP contribution in [0.15, 0.2) is 24.3 Å². The van der Waals surface area contributed by atoms with E-state index in [4.69, 9.17) is 15.2 Å². The summed E-state index contributed by atoms with van der Waals surface area (Å²) < 4.78 is 10.5. The van der Waals surface area contributed by atoms with Gasteiger partial charge in [0.05, 0.1) is 14.2 Å². The lowest BCUT2D eigenvalue weighted by Crippen LogP contribution is -2.18. The molecule has 1 heterocycles. The molecule has 0 spiro atoms. The molecule has 1 aromatic heterocycles. The minimum Gasteiger partial charge on any atom is -0.493 e. The predicted octanol–water partition coefficient (Wildman–Crippen LogP) is 2.02. The highest BCUT2D eigenvalue weighted by Gasteiger charge is 2.09. The molecule has 0 amide bonds. The second kappa shape index (κ2) is 6.30. The van der Waals surface area contributed by atoms with E-state index in [9.17, 15) is 0 Å². The van der Waals surface area contributed by atoms with E-state index in [1.165, 1.54) is 0 Å². The summed E-state index contributed by atoms with van der Waals surface area (Å²) >= 11 is 0. The monoisotopic (exact) mass is 288 g/mol. The summed E-state index contributed by atoms with van der Waals surface area (Å²) in [5.74, 6) is 2.49. The van der Waals surface area contributed by atoms with Gasteiger partial charge in [-0.25, -0.2) is 4.98 Å². The number of hydrogen-bond donors (Lipinski definition) is 1. The molecule has 6 nitrogen and oxygen atoms in total. The fourth-order valence-electron chi connectivity index (χ4n) is 2.10. The van der Waals surface area contributed by atoms with Crippen LogP contribution in [0.4, 0.5) is 11.8 Å². The molecular formula is C15H20N4O2. The Morgan fingerprint density at radius 3 is 2.43 bits per heavy atom. The molecule has 2 N–H and O–H groups in total. The number of aryl methyl sites for hydroxylation is 1. The molecule has 2 aromatic rings. The highest BCUT2D eigenvalue weighted by atomic mass is 16.5. The van der Waals surface area contributed by atoms with Crippen molar-refractivity contribution in [1.29, 1.82) is 0 Å². The van der Waals surface area contributed by atoms with E-state index in [0.29, 0.717) is 18.0 Å². The van der Waals surface area contributed by atoms with E-state index in [-0.39, 0.29) is 5.95 Å². The summed E-state index contributed by atoms with van der Waals surface area (Å²) in [6.45, 7) is 2.57. The van der Waals surface area contributed by atoms with Crippen molar-refractivity contribution in [1.82, 2.24) is 9.97 Å². The van der Waals surface area contributed by atoms with Gasteiger partial charge >= 0.3 is 0 Å². The number of ether oxygens (including phenoxy) is 2. The summed E-state index contributed by atoms with van der Waals surface area (Å²) in [6.07, 6.45) is 0. The highest BCUT2D eigenvalue weighted by molar-refractivity contribution is 5.46. The maximum atomic E-state index is 5.69. The third-order valence-corrected chi connectivity index (χ3v) is 3.12. The lowest BCUT2D eigenvalue weighted by Gasteiger charge is -2.19. The van der Waals surface area contributed by atoms with Crippen LogP contribution >= 0.6 is 0 Å². The van der Waals surface area contributed by atoms with E-state index in [2.05, 4.69) is 9.97 Å². The van der Waals surface area contributed by atoms with Gasteiger partial charge in [-0.2, -0.15) is 4.98 Å². The molecule has 112 valence electrons. The van der Waals surface area contributed by atoms with Gasteiger partial charge in [0.15, 0.2) is 11.5 Å². The van der Waals surface area contributed by atoms with Crippen LogP contribution in [-0.2, 0) is 6.54 Å². The Morgan fingerprint density at radius 1 is 1.10 bits per heavy atom. The van der Waals surface area contributed by atoms with Crippen LogP contribution in [0.25, 0.3) is 0 Å². The molecule has 0 atom stereocenters. The number of rotatable bonds is 5. The normalized spacial score (nSPS) is 10.3. The van der Waals surface area contributed by atoms with Gasteiger partial charge in [-0.05, 0) is 24.6 Å². The Bertz CT molecular complexity index is 611. The standard InChI is InChI=1S/C15H20N4O2/c1-10-7-14(18-15(16)17-10)19(2)9-11-5-6-12(20-3)13(8-11)21-4/h5-8H,9H2,1-4H3,(H2,16,17,18). The summed E-state index contributed by atoms with van der Waals surface area (Å²) in [4.78, 5) is 10.3. The predicted molar refractivity (Wildman–Crippen MR) is 82.8 cm³/mol. The van der Waals surface area contributed by atoms with Crippen LogP contribution in [0.1, 0.15) is 11.3 Å². The fourth-order valence-corrected chi connectivity index (χ4v) is 2.10. The van der Waals surface area contributed by atoms with E-state index in [1.54, 1.807) is 14.2 Å². The first-order chi connectivity index (χ1) is 10.0. The van der Waals surface area contributed by atoms with Crippen molar-refractivity contribution in [2.75, 3.05) is 31.9 Å². The molecule has 0 aliphatic carbocycles. The molecule has 0 aliphatic rings. The Hall–Kier alpha value is -2.50. The van der Waals surface area contributed by atoms with Gasteiger partial charge in [0.25, 0.3) is 0 Å². The second-order valence-corrected chi connectivity index (χ2v) is 4.77. The van der Waals surface area contributed by atoms with Gasteiger partial charge in [-0.1, -0.05) is 6.07 Å². The van der Waals surface area contributed by atoms with Crippen molar-refractivity contribution in [3.63, 3.8) is 0 Å². The maximum absolute atomic E-state index is 5.69. The summed E-state index contributed by atoms with van der Waals surface area (Å²) in [7, 11) is 5.20. The average molecular weight is 288 g/mol. The highest BCUT2D eigenvalue weighted by Crippen LogP contribution is 2.28. The summed E-state index contributed by atoms with van der Waals surface area (Å²) in [5, 5.41) is 0. The van der Waals surface area contributed by atoms with Crippen LogP contribution < -0.4 is 20.1 Å². The third kappa shape index (κ3) is 3.53. The fraction of sp³-hybridized carbons (Fsp3) is 0.333. The first kappa shape index (κ1) is 14.9. The van der Waals surface area contributed by atoms with Gasteiger partial charge in [-0.3, -0.25) is 0 Å². The van der Waals surface area contributed by atoms with Gasteiger partial charge < -0.3 is 20.1 Å².